The lowest BCUT2D eigenvalue weighted by Crippen LogP contribution is -2.58. The van der Waals surface area contributed by atoms with Gasteiger partial charge in [0.15, 0.2) is 0 Å². The Morgan fingerprint density at radius 2 is 1.87 bits per heavy atom. The van der Waals surface area contributed by atoms with Crippen LogP contribution in [0.1, 0.15) is 42.0 Å². The van der Waals surface area contributed by atoms with Gasteiger partial charge in [-0.3, -0.25) is 14.5 Å². The molecule has 210 valence electrons. The quantitative estimate of drug-likeness (QED) is 0.501. The van der Waals surface area contributed by atoms with Gasteiger partial charge in [-0.05, 0) is 66.6 Å². The van der Waals surface area contributed by atoms with Gasteiger partial charge in [0.25, 0.3) is 0 Å². The molecule has 2 heterocycles. The molecule has 2 aromatic carbocycles. The fourth-order valence-corrected chi connectivity index (χ4v) is 7.35. The molecule has 2 amide bonds. The average Bonchev–Trinajstić information content (AvgIpc) is 2.94. The predicted octanol–water partition coefficient (Wildman–Crippen LogP) is 2.29. The van der Waals surface area contributed by atoms with Gasteiger partial charge in [-0.25, -0.2) is 8.42 Å². The van der Waals surface area contributed by atoms with Gasteiger partial charge in [0.1, 0.15) is 6.04 Å². The minimum Gasteiger partial charge on any atom is -0.379 e. The van der Waals surface area contributed by atoms with Crippen LogP contribution in [0.25, 0.3) is 0 Å². The Hall–Kier alpha value is -2.50. The molecule has 1 aliphatic carbocycles. The molecule has 0 bridgehead atoms. The smallest absolute Gasteiger partial charge is 0.243 e. The highest BCUT2D eigenvalue weighted by Crippen LogP contribution is 2.31. The molecular formula is C28H35ClN4O5S. The second-order valence-electron chi connectivity index (χ2n) is 10.3. The third kappa shape index (κ3) is 6.63. The minimum atomic E-state index is -3.98. The first kappa shape index (κ1) is 28.0. The standard InChI is InChI=1S/C28H35ClN4O5S/c29-22-5-7-23(8-6-22)39(36,37)33-13-11-30-28(35)26(33)19-27(34)31-25-3-1-2-21-18-20(4-9-24(21)25)10-12-32-14-16-38-17-15-32/h4-9,18,25-26H,1-3,10-17,19H2,(H,30,35)(H,31,34)/t25-,26?/m1/s1. The molecule has 2 saturated heterocycles. The number of hydrogen-bond acceptors (Lipinski definition) is 6. The van der Waals surface area contributed by atoms with E-state index in [4.69, 9.17) is 16.3 Å². The van der Waals surface area contributed by atoms with E-state index in [0.29, 0.717) is 5.02 Å². The highest BCUT2D eigenvalue weighted by atomic mass is 35.5. The molecular weight excluding hydrogens is 540 g/mol. The van der Waals surface area contributed by atoms with Crippen molar-refractivity contribution in [1.29, 1.82) is 0 Å². The molecule has 2 aliphatic heterocycles. The molecule has 1 unspecified atom stereocenters. The van der Waals surface area contributed by atoms with Crippen molar-refractivity contribution in [1.82, 2.24) is 19.8 Å². The normalized spacial score (nSPS) is 22.6. The maximum atomic E-state index is 13.3. The van der Waals surface area contributed by atoms with E-state index in [2.05, 4.69) is 33.7 Å². The van der Waals surface area contributed by atoms with Crippen LogP contribution >= 0.6 is 11.6 Å². The Kier molecular flexibility index (Phi) is 8.88. The van der Waals surface area contributed by atoms with E-state index < -0.39 is 22.0 Å². The number of benzene rings is 2. The van der Waals surface area contributed by atoms with Gasteiger partial charge >= 0.3 is 0 Å². The largest absolute Gasteiger partial charge is 0.379 e. The number of carbonyl (C=O) groups excluding carboxylic acids is 2. The first-order chi connectivity index (χ1) is 18.8. The number of halogens is 1. The summed E-state index contributed by atoms with van der Waals surface area (Å²) in [5.41, 5.74) is 3.63. The van der Waals surface area contributed by atoms with Crippen LogP contribution in [0.5, 0.6) is 0 Å². The van der Waals surface area contributed by atoms with Crippen LogP contribution in [-0.4, -0.2) is 81.4 Å². The Labute approximate surface area is 234 Å². The zero-order valence-corrected chi connectivity index (χ0v) is 23.5. The number of piperazine rings is 1. The van der Waals surface area contributed by atoms with Gasteiger partial charge in [0, 0.05) is 37.7 Å². The number of aryl methyl sites for hydroxylation is 1. The van der Waals surface area contributed by atoms with Gasteiger partial charge in [0.2, 0.25) is 21.8 Å². The molecule has 2 fully saturated rings. The van der Waals surface area contributed by atoms with Gasteiger partial charge in [-0.1, -0.05) is 29.8 Å². The number of nitrogens with one attached hydrogen (secondary N) is 2. The van der Waals surface area contributed by atoms with Crippen LogP contribution in [0, 0.1) is 0 Å². The molecule has 39 heavy (non-hydrogen) atoms. The van der Waals surface area contributed by atoms with Crippen molar-refractivity contribution in [2.75, 3.05) is 45.9 Å². The van der Waals surface area contributed by atoms with Gasteiger partial charge < -0.3 is 15.4 Å². The van der Waals surface area contributed by atoms with Gasteiger partial charge in [-0.2, -0.15) is 4.31 Å². The van der Waals surface area contributed by atoms with Crippen molar-refractivity contribution in [3.8, 4) is 0 Å². The molecule has 0 aromatic heterocycles. The summed E-state index contributed by atoms with van der Waals surface area (Å²) in [7, 11) is -3.98. The molecule has 9 nitrogen and oxygen atoms in total. The van der Waals surface area contributed by atoms with E-state index in [0.717, 1.165) is 68.4 Å². The lowest BCUT2D eigenvalue weighted by Gasteiger charge is -2.34. The number of amides is 2. The Bertz CT molecular complexity index is 1300. The number of morpholine rings is 1. The van der Waals surface area contributed by atoms with Crippen LogP contribution in [0.15, 0.2) is 47.4 Å². The number of ether oxygens (including phenoxy) is 1. The van der Waals surface area contributed by atoms with Crippen LogP contribution in [-0.2, 0) is 37.2 Å². The van der Waals surface area contributed by atoms with E-state index in [1.165, 1.54) is 35.4 Å². The molecule has 0 radical (unpaired) electrons. The molecule has 5 rings (SSSR count). The molecule has 3 aliphatic rings. The summed E-state index contributed by atoms with van der Waals surface area (Å²) in [6.07, 6.45) is 3.44. The molecule has 2 N–H and O–H groups in total. The summed E-state index contributed by atoms with van der Waals surface area (Å²) in [5.74, 6) is -0.814. The number of nitrogens with zero attached hydrogens (tertiary/aromatic N) is 2. The zero-order chi connectivity index (χ0) is 27.4. The van der Waals surface area contributed by atoms with Crippen LogP contribution in [0.2, 0.25) is 5.02 Å². The number of sulfonamides is 1. The second kappa shape index (κ2) is 12.3. The average molecular weight is 575 g/mol. The highest BCUT2D eigenvalue weighted by Gasteiger charge is 2.40. The SMILES string of the molecule is O=C(CC1C(=O)NCCN1S(=O)(=O)c1ccc(Cl)cc1)N[C@@H]1CCCc2cc(CCN3CCOCC3)ccc21. The maximum Gasteiger partial charge on any atom is 0.243 e. The summed E-state index contributed by atoms with van der Waals surface area (Å²) in [5, 5.41) is 6.21. The van der Waals surface area contributed by atoms with Crippen molar-refractivity contribution in [2.24, 2.45) is 0 Å². The van der Waals surface area contributed by atoms with Crippen molar-refractivity contribution >= 4 is 33.4 Å². The van der Waals surface area contributed by atoms with Crippen LogP contribution in [0.3, 0.4) is 0 Å². The van der Waals surface area contributed by atoms with E-state index in [1.54, 1.807) is 0 Å². The summed E-state index contributed by atoms with van der Waals surface area (Å²) < 4.78 is 33.2. The van der Waals surface area contributed by atoms with E-state index in [1.807, 2.05) is 0 Å². The number of carbonyl (C=O) groups is 2. The van der Waals surface area contributed by atoms with Crippen LogP contribution in [0.4, 0.5) is 0 Å². The first-order valence-corrected chi connectivity index (χ1v) is 15.4. The van der Waals surface area contributed by atoms with Crippen molar-refractivity contribution in [3.05, 3.63) is 64.2 Å². The number of rotatable bonds is 8. The first-order valence-electron chi connectivity index (χ1n) is 13.6. The Morgan fingerprint density at radius 1 is 1.10 bits per heavy atom. The molecule has 2 atom stereocenters. The highest BCUT2D eigenvalue weighted by molar-refractivity contribution is 7.89. The summed E-state index contributed by atoms with van der Waals surface area (Å²) >= 11 is 5.92. The summed E-state index contributed by atoms with van der Waals surface area (Å²) in [6, 6.07) is 11.0. The zero-order valence-electron chi connectivity index (χ0n) is 21.9. The third-order valence-corrected chi connectivity index (χ3v) is 9.93. The molecule has 11 heteroatoms. The lowest BCUT2D eigenvalue weighted by molar-refractivity contribution is -0.132. The van der Waals surface area contributed by atoms with Crippen molar-refractivity contribution < 1.29 is 22.7 Å². The van der Waals surface area contributed by atoms with E-state index in [9.17, 15) is 18.0 Å². The Morgan fingerprint density at radius 3 is 2.64 bits per heavy atom. The van der Waals surface area contributed by atoms with Crippen molar-refractivity contribution in [2.45, 2.75) is 49.1 Å². The lowest BCUT2D eigenvalue weighted by atomic mass is 9.86. The number of fused-ring (bicyclic) bond motifs is 1. The molecule has 2 aromatic rings. The van der Waals surface area contributed by atoms with E-state index in [-0.39, 0.29) is 36.4 Å². The monoisotopic (exact) mass is 574 g/mol. The van der Waals surface area contributed by atoms with Crippen LogP contribution < -0.4 is 10.6 Å². The fraction of sp³-hybridized carbons (Fsp3) is 0.500. The van der Waals surface area contributed by atoms with Crippen molar-refractivity contribution in [3.63, 3.8) is 0 Å². The summed E-state index contributed by atoms with van der Waals surface area (Å²) in [6.45, 7) is 4.80. The van der Waals surface area contributed by atoms with Gasteiger partial charge in [-0.15, -0.1) is 0 Å². The fourth-order valence-electron chi connectivity index (χ4n) is 5.63. The molecule has 0 saturated carbocycles. The topological polar surface area (TPSA) is 108 Å². The second-order valence-corrected chi connectivity index (χ2v) is 12.7. The predicted molar refractivity (Wildman–Crippen MR) is 148 cm³/mol. The maximum absolute atomic E-state index is 13.3. The Balaban J connectivity index is 1.24. The van der Waals surface area contributed by atoms with E-state index >= 15 is 0 Å². The third-order valence-electron chi connectivity index (χ3n) is 7.76. The summed E-state index contributed by atoms with van der Waals surface area (Å²) in [4.78, 5) is 28.4. The molecule has 0 spiro atoms. The van der Waals surface area contributed by atoms with Gasteiger partial charge in [0.05, 0.1) is 30.6 Å². The minimum absolute atomic E-state index is 0.0395. The number of hydrogen-bond donors (Lipinski definition) is 2.